The smallest absolute Gasteiger partial charge is 0.0916 e. The van der Waals surface area contributed by atoms with Crippen molar-refractivity contribution in [2.45, 2.75) is 31.9 Å². The first-order valence-electron chi connectivity index (χ1n) is 7.33. The Morgan fingerprint density at radius 3 is 2.47 bits per heavy atom. The summed E-state index contributed by atoms with van der Waals surface area (Å²) in [7, 11) is 2.04. The Kier molecular flexibility index (Phi) is 5.37. The fourth-order valence-corrected chi connectivity index (χ4v) is 2.90. The second-order valence-corrected chi connectivity index (χ2v) is 5.64. The van der Waals surface area contributed by atoms with Crippen LogP contribution in [-0.2, 0) is 0 Å². The summed E-state index contributed by atoms with van der Waals surface area (Å²) in [6.07, 6.45) is 2.09. The van der Waals surface area contributed by atoms with Crippen LogP contribution in [0.3, 0.4) is 0 Å². The lowest BCUT2D eigenvalue weighted by molar-refractivity contribution is 0.0843. The van der Waals surface area contributed by atoms with Crippen LogP contribution in [-0.4, -0.2) is 42.7 Å². The minimum absolute atomic E-state index is 0.362. The van der Waals surface area contributed by atoms with Gasteiger partial charge in [0, 0.05) is 12.6 Å². The molecule has 0 aromatic heterocycles. The summed E-state index contributed by atoms with van der Waals surface area (Å²) < 4.78 is 0. The molecule has 1 aromatic carbocycles. The van der Waals surface area contributed by atoms with Crippen LogP contribution in [0.25, 0.3) is 0 Å². The lowest BCUT2D eigenvalue weighted by atomic mass is 9.90. The average Bonchev–Trinajstić information content (AvgIpc) is 2.48. The zero-order valence-corrected chi connectivity index (χ0v) is 12.0. The number of piperidine rings is 1. The molecule has 1 heterocycles. The van der Waals surface area contributed by atoms with E-state index >= 15 is 0 Å². The monoisotopic (exact) mass is 262 g/mol. The van der Waals surface area contributed by atoms with Gasteiger partial charge in [-0.05, 0) is 51.4 Å². The Hall–Kier alpha value is -0.900. The van der Waals surface area contributed by atoms with Crippen LogP contribution in [0.5, 0.6) is 0 Å². The fourth-order valence-electron chi connectivity index (χ4n) is 2.90. The van der Waals surface area contributed by atoms with Gasteiger partial charge >= 0.3 is 0 Å². The highest BCUT2D eigenvalue weighted by molar-refractivity contribution is 5.17. The Labute approximate surface area is 116 Å². The summed E-state index contributed by atoms with van der Waals surface area (Å²) in [4.78, 5) is 2.39. The van der Waals surface area contributed by atoms with Gasteiger partial charge in [0.15, 0.2) is 0 Å². The molecule has 19 heavy (non-hydrogen) atoms. The van der Waals surface area contributed by atoms with Gasteiger partial charge in [0.2, 0.25) is 0 Å². The number of aliphatic hydroxyl groups excluding tert-OH is 1. The van der Waals surface area contributed by atoms with Gasteiger partial charge in [-0.15, -0.1) is 0 Å². The maximum atomic E-state index is 10.2. The van der Waals surface area contributed by atoms with E-state index in [2.05, 4.69) is 17.1 Å². The van der Waals surface area contributed by atoms with E-state index in [1.54, 1.807) is 0 Å². The zero-order valence-electron chi connectivity index (χ0n) is 12.0. The quantitative estimate of drug-likeness (QED) is 0.852. The van der Waals surface area contributed by atoms with Gasteiger partial charge in [0.25, 0.3) is 0 Å². The Morgan fingerprint density at radius 1 is 1.26 bits per heavy atom. The van der Waals surface area contributed by atoms with E-state index in [1.807, 2.05) is 37.4 Å². The van der Waals surface area contributed by atoms with Crippen LogP contribution in [0.1, 0.15) is 31.4 Å². The molecule has 2 unspecified atom stereocenters. The molecule has 0 bridgehead atoms. The van der Waals surface area contributed by atoms with Crippen molar-refractivity contribution >= 4 is 0 Å². The number of hydrogen-bond donors (Lipinski definition) is 2. The van der Waals surface area contributed by atoms with Crippen molar-refractivity contribution in [1.29, 1.82) is 0 Å². The van der Waals surface area contributed by atoms with Gasteiger partial charge in [-0.2, -0.15) is 0 Å². The number of likely N-dealkylation sites (tertiary alicyclic amines) is 1. The Morgan fingerprint density at radius 2 is 1.89 bits per heavy atom. The molecule has 1 aliphatic rings. The zero-order chi connectivity index (χ0) is 13.7. The number of benzene rings is 1. The molecule has 2 N–H and O–H groups in total. The number of aliphatic hydroxyl groups is 1. The molecule has 1 aliphatic heterocycles. The minimum Gasteiger partial charge on any atom is -0.387 e. The third-order valence-electron chi connectivity index (χ3n) is 4.41. The molecule has 3 nitrogen and oxygen atoms in total. The van der Waals surface area contributed by atoms with Gasteiger partial charge in [-0.1, -0.05) is 30.3 Å². The van der Waals surface area contributed by atoms with Crippen molar-refractivity contribution in [3.8, 4) is 0 Å². The molecule has 1 fully saturated rings. The van der Waals surface area contributed by atoms with Gasteiger partial charge in [0.05, 0.1) is 6.10 Å². The number of rotatable bonds is 5. The summed E-state index contributed by atoms with van der Waals surface area (Å²) in [6, 6.07) is 10.6. The van der Waals surface area contributed by atoms with Gasteiger partial charge in [-0.25, -0.2) is 0 Å². The lowest BCUT2D eigenvalue weighted by Crippen LogP contribution is -2.42. The summed E-state index contributed by atoms with van der Waals surface area (Å²) in [5, 5.41) is 13.6. The molecule has 1 aromatic rings. The van der Waals surface area contributed by atoms with E-state index < -0.39 is 0 Å². The molecule has 1 saturated heterocycles. The van der Waals surface area contributed by atoms with Crippen molar-refractivity contribution in [3.63, 3.8) is 0 Å². The molecule has 3 heteroatoms. The summed E-state index contributed by atoms with van der Waals surface area (Å²) in [5.74, 6) is 0.773. The maximum Gasteiger partial charge on any atom is 0.0916 e. The molecule has 0 saturated carbocycles. The number of β-amino-alcohol motifs (C(OH)–C–C–N with tert-alkyl or cyclic N) is 1. The summed E-state index contributed by atoms with van der Waals surface area (Å²) in [5.41, 5.74) is 1.02. The highest BCUT2D eigenvalue weighted by atomic mass is 16.3. The van der Waals surface area contributed by atoms with E-state index in [4.69, 9.17) is 0 Å². The normalized spacial score (nSPS) is 21.2. The molecule has 2 atom stereocenters. The van der Waals surface area contributed by atoms with Crippen molar-refractivity contribution in [1.82, 2.24) is 10.2 Å². The molecule has 0 aliphatic carbocycles. The fraction of sp³-hybridized carbons (Fsp3) is 0.625. The van der Waals surface area contributed by atoms with Gasteiger partial charge in [0.1, 0.15) is 0 Å². The topological polar surface area (TPSA) is 35.5 Å². The highest BCUT2D eigenvalue weighted by Gasteiger charge is 2.24. The second-order valence-electron chi connectivity index (χ2n) is 5.64. The van der Waals surface area contributed by atoms with Crippen molar-refractivity contribution in [2.75, 3.05) is 26.7 Å². The Bertz CT molecular complexity index is 360. The lowest BCUT2D eigenvalue weighted by Gasteiger charge is -2.35. The minimum atomic E-state index is -0.362. The van der Waals surface area contributed by atoms with Crippen LogP contribution in [0.4, 0.5) is 0 Å². The summed E-state index contributed by atoms with van der Waals surface area (Å²) in [6.45, 7) is 5.21. The molecule has 106 valence electrons. The van der Waals surface area contributed by atoms with Crippen molar-refractivity contribution in [3.05, 3.63) is 35.9 Å². The average molecular weight is 262 g/mol. The molecular formula is C16H26N2O. The molecule has 0 amide bonds. The standard InChI is InChI=1S/C16H26N2O/c1-13(17-2)14-8-10-18(11-9-14)12-16(19)15-6-4-3-5-7-15/h3-7,13-14,16-17,19H,8-12H2,1-2H3. The van der Waals surface area contributed by atoms with E-state index in [9.17, 15) is 5.11 Å². The van der Waals surface area contributed by atoms with Crippen LogP contribution >= 0.6 is 0 Å². The third-order valence-corrected chi connectivity index (χ3v) is 4.41. The van der Waals surface area contributed by atoms with Crippen LogP contribution < -0.4 is 5.32 Å². The van der Waals surface area contributed by atoms with Crippen LogP contribution in [0, 0.1) is 5.92 Å². The van der Waals surface area contributed by atoms with E-state index in [0.717, 1.165) is 31.1 Å². The van der Waals surface area contributed by atoms with Gasteiger partial charge in [-0.3, -0.25) is 0 Å². The van der Waals surface area contributed by atoms with Crippen LogP contribution in [0.15, 0.2) is 30.3 Å². The van der Waals surface area contributed by atoms with Crippen molar-refractivity contribution in [2.24, 2.45) is 5.92 Å². The maximum absolute atomic E-state index is 10.2. The number of nitrogens with zero attached hydrogens (tertiary/aromatic N) is 1. The largest absolute Gasteiger partial charge is 0.387 e. The van der Waals surface area contributed by atoms with E-state index in [-0.39, 0.29) is 6.10 Å². The third kappa shape index (κ3) is 4.03. The van der Waals surface area contributed by atoms with E-state index in [1.165, 1.54) is 12.8 Å². The Balaban J connectivity index is 1.79. The first-order valence-corrected chi connectivity index (χ1v) is 7.33. The number of nitrogens with one attached hydrogen (secondary N) is 1. The SMILES string of the molecule is CNC(C)C1CCN(CC(O)c2ccccc2)CC1. The molecule has 0 spiro atoms. The summed E-state index contributed by atoms with van der Waals surface area (Å²) >= 11 is 0. The predicted molar refractivity (Wildman–Crippen MR) is 79.1 cm³/mol. The first-order chi connectivity index (χ1) is 9.20. The second kappa shape index (κ2) is 7.04. The van der Waals surface area contributed by atoms with Crippen molar-refractivity contribution < 1.29 is 5.11 Å². The van der Waals surface area contributed by atoms with Gasteiger partial charge < -0.3 is 15.3 Å². The predicted octanol–water partition coefficient (Wildman–Crippen LogP) is 2.04. The van der Waals surface area contributed by atoms with E-state index in [0.29, 0.717) is 6.04 Å². The number of hydrogen-bond acceptors (Lipinski definition) is 3. The highest BCUT2D eigenvalue weighted by Crippen LogP contribution is 2.22. The first kappa shape index (κ1) is 14.5. The molecule has 2 rings (SSSR count). The molecule has 0 radical (unpaired) electrons. The van der Waals surface area contributed by atoms with Crippen LogP contribution in [0.2, 0.25) is 0 Å². The molecular weight excluding hydrogens is 236 g/mol.